The zero-order chi connectivity index (χ0) is 9.97. The molecule has 0 saturated carbocycles. The average molecular weight is 228 g/mol. The maximum absolute atomic E-state index is 11.3. The molecule has 14 heavy (non-hydrogen) atoms. The summed E-state index contributed by atoms with van der Waals surface area (Å²) < 4.78 is 0. The summed E-state index contributed by atoms with van der Waals surface area (Å²) in [7, 11) is 0. The Labute approximate surface area is 91.1 Å². The molecule has 0 aliphatic carbocycles. The van der Waals surface area contributed by atoms with E-state index in [1.807, 2.05) is 6.07 Å². The van der Waals surface area contributed by atoms with E-state index in [-0.39, 0.29) is 11.9 Å². The fourth-order valence-corrected chi connectivity index (χ4v) is 3.45. The molecule has 3 N–H and O–H groups in total. The molecular weight excluding hydrogens is 216 g/mol. The third kappa shape index (κ3) is 2.10. The van der Waals surface area contributed by atoms with Crippen LogP contribution in [0.25, 0.3) is 0 Å². The maximum atomic E-state index is 11.3. The number of amides is 1. The van der Waals surface area contributed by atoms with Gasteiger partial charge in [0.25, 0.3) is 0 Å². The molecular formula is C9H12N2OS2. The van der Waals surface area contributed by atoms with Gasteiger partial charge in [0.15, 0.2) is 0 Å². The third-order valence-electron chi connectivity index (χ3n) is 2.14. The van der Waals surface area contributed by atoms with Crippen LogP contribution >= 0.6 is 23.1 Å². The molecule has 1 aromatic heterocycles. The van der Waals surface area contributed by atoms with Gasteiger partial charge in [0, 0.05) is 17.2 Å². The van der Waals surface area contributed by atoms with Gasteiger partial charge in [-0.3, -0.25) is 4.79 Å². The van der Waals surface area contributed by atoms with Crippen molar-refractivity contribution in [1.29, 1.82) is 0 Å². The Bertz CT molecular complexity index is 313. The second kappa shape index (κ2) is 4.33. The van der Waals surface area contributed by atoms with E-state index in [1.165, 1.54) is 4.88 Å². The molecule has 2 rings (SSSR count). The highest BCUT2D eigenvalue weighted by Gasteiger charge is 2.23. The number of carbonyl (C=O) groups is 1. The Morgan fingerprint density at radius 1 is 1.57 bits per heavy atom. The van der Waals surface area contributed by atoms with Crippen LogP contribution in [0, 0.1) is 0 Å². The van der Waals surface area contributed by atoms with E-state index in [9.17, 15) is 4.79 Å². The van der Waals surface area contributed by atoms with Crippen molar-refractivity contribution >= 4 is 29.0 Å². The lowest BCUT2D eigenvalue weighted by Crippen LogP contribution is -2.40. The van der Waals surface area contributed by atoms with E-state index in [1.54, 1.807) is 23.1 Å². The molecule has 1 aliphatic heterocycles. The quantitative estimate of drug-likeness (QED) is 0.753. The minimum absolute atomic E-state index is 0.0310. The molecule has 76 valence electrons. The monoisotopic (exact) mass is 228 g/mol. The highest BCUT2D eigenvalue weighted by molar-refractivity contribution is 7.99. The summed E-state index contributed by atoms with van der Waals surface area (Å²) in [6, 6.07) is 3.78. The first-order valence-corrected chi connectivity index (χ1v) is 6.38. The minimum atomic E-state index is -0.357. The molecule has 0 aromatic carbocycles. The van der Waals surface area contributed by atoms with Crippen molar-refractivity contribution < 1.29 is 4.79 Å². The second-order valence-electron chi connectivity index (χ2n) is 3.19. The molecule has 0 radical (unpaired) electrons. The van der Waals surface area contributed by atoms with Crippen molar-refractivity contribution in [3.8, 4) is 0 Å². The standard InChI is InChI=1S/C9H12N2OS2/c10-6-5-14-8(4-11-9(6)12)7-2-1-3-13-7/h1-3,6,8H,4-5,10H2,(H,11,12). The zero-order valence-electron chi connectivity index (χ0n) is 7.60. The third-order valence-corrected chi connectivity index (χ3v) is 4.65. The van der Waals surface area contributed by atoms with E-state index in [0.717, 1.165) is 0 Å². The number of rotatable bonds is 1. The van der Waals surface area contributed by atoms with E-state index < -0.39 is 0 Å². The first kappa shape index (κ1) is 10.0. The fraction of sp³-hybridized carbons (Fsp3) is 0.444. The number of hydrogen-bond donors (Lipinski definition) is 2. The SMILES string of the molecule is NC1CSC(c2cccs2)CNC1=O. The van der Waals surface area contributed by atoms with Crippen molar-refractivity contribution in [1.82, 2.24) is 5.32 Å². The van der Waals surface area contributed by atoms with Crippen molar-refractivity contribution in [3.05, 3.63) is 22.4 Å². The molecule has 3 nitrogen and oxygen atoms in total. The van der Waals surface area contributed by atoms with E-state index in [4.69, 9.17) is 5.73 Å². The topological polar surface area (TPSA) is 55.1 Å². The van der Waals surface area contributed by atoms with E-state index in [2.05, 4.69) is 16.8 Å². The highest BCUT2D eigenvalue weighted by Crippen LogP contribution is 2.32. The molecule has 1 amide bonds. The molecule has 2 unspecified atom stereocenters. The molecule has 1 aliphatic rings. The molecule has 1 saturated heterocycles. The van der Waals surface area contributed by atoms with Gasteiger partial charge in [0.2, 0.25) is 5.91 Å². The molecule has 2 heterocycles. The lowest BCUT2D eigenvalue weighted by atomic mass is 10.3. The molecule has 0 bridgehead atoms. The Morgan fingerprint density at radius 3 is 3.14 bits per heavy atom. The number of hydrogen-bond acceptors (Lipinski definition) is 4. The van der Waals surface area contributed by atoms with Gasteiger partial charge >= 0.3 is 0 Å². The summed E-state index contributed by atoms with van der Waals surface area (Å²) in [5.74, 6) is 0.672. The molecule has 2 atom stereocenters. The van der Waals surface area contributed by atoms with E-state index in [0.29, 0.717) is 17.5 Å². The number of nitrogens with two attached hydrogens (primary N) is 1. The average Bonchev–Trinajstić information content (AvgIpc) is 2.65. The Morgan fingerprint density at radius 2 is 2.43 bits per heavy atom. The van der Waals surface area contributed by atoms with Crippen LogP contribution < -0.4 is 11.1 Å². The van der Waals surface area contributed by atoms with Crippen LogP contribution in [0.5, 0.6) is 0 Å². The predicted octanol–water partition coefficient (Wildman–Crippen LogP) is 0.979. The Balaban J connectivity index is 2.06. The Kier molecular flexibility index (Phi) is 3.10. The van der Waals surface area contributed by atoms with Gasteiger partial charge in [-0.2, -0.15) is 0 Å². The number of thiophene rings is 1. The first-order valence-electron chi connectivity index (χ1n) is 4.45. The highest BCUT2D eigenvalue weighted by atomic mass is 32.2. The number of carbonyl (C=O) groups excluding carboxylic acids is 1. The van der Waals surface area contributed by atoms with Crippen molar-refractivity contribution in [2.45, 2.75) is 11.3 Å². The van der Waals surface area contributed by atoms with Gasteiger partial charge in [-0.15, -0.1) is 23.1 Å². The summed E-state index contributed by atoms with van der Waals surface area (Å²) in [6.07, 6.45) is 0. The zero-order valence-corrected chi connectivity index (χ0v) is 9.24. The lowest BCUT2D eigenvalue weighted by molar-refractivity contribution is -0.121. The number of nitrogens with one attached hydrogen (secondary N) is 1. The van der Waals surface area contributed by atoms with Crippen molar-refractivity contribution in [3.63, 3.8) is 0 Å². The van der Waals surface area contributed by atoms with E-state index >= 15 is 0 Å². The number of thioether (sulfide) groups is 1. The van der Waals surface area contributed by atoms with Crippen LogP contribution in [0.1, 0.15) is 10.1 Å². The summed E-state index contributed by atoms with van der Waals surface area (Å²) in [4.78, 5) is 12.6. The molecule has 0 spiro atoms. The normalized spacial score (nSPS) is 28.2. The summed E-state index contributed by atoms with van der Waals surface area (Å²) in [5, 5.41) is 5.28. The molecule has 1 fully saturated rings. The largest absolute Gasteiger partial charge is 0.353 e. The molecule has 5 heteroatoms. The van der Waals surface area contributed by atoms with Crippen LogP contribution in [0.4, 0.5) is 0 Å². The predicted molar refractivity (Wildman–Crippen MR) is 60.5 cm³/mol. The van der Waals surface area contributed by atoms with Crippen molar-refractivity contribution in [2.24, 2.45) is 5.73 Å². The van der Waals surface area contributed by atoms with Gasteiger partial charge in [0.1, 0.15) is 0 Å². The van der Waals surface area contributed by atoms with Gasteiger partial charge in [-0.25, -0.2) is 0 Å². The lowest BCUT2D eigenvalue weighted by Gasteiger charge is -2.10. The Hall–Kier alpha value is -0.520. The minimum Gasteiger partial charge on any atom is -0.353 e. The van der Waals surface area contributed by atoms with Crippen LogP contribution in [-0.4, -0.2) is 24.2 Å². The van der Waals surface area contributed by atoms with Crippen LogP contribution in [0.3, 0.4) is 0 Å². The first-order chi connectivity index (χ1) is 6.77. The summed E-state index contributed by atoms with van der Waals surface area (Å²) in [6.45, 7) is 0.692. The van der Waals surface area contributed by atoms with Crippen LogP contribution in [-0.2, 0) is 4.79 Å². The maximum Gasteiger partial charge on any atom is 0.237 e. The molecule has 1 aromatic rings. The summed E-state index contributed by atoms with van der Waals surface area (Å²) in [5.41, 5.74) is 5.66. The van der Waals surface area contributed by atoms with Crippen LogP contribution in [0.15, 0.2) is 17.5 Å². The van der Waals surface area contributed by atoms with Gasteiger partial charge in [-0.1, -0.05) is 6.07 Å². The second-order valence-corrected chi connectivity index (χ2v) is 5.40. The van der Waals surface area contributed by atoms with Crippen molar-refractivity contribution in [2.75, 3.05) is 12.3 Å². The smallest absolute Gasteiger partial charge is 0.237 e. The van der Waals surface area contributed by atoms with Gasteiger partial charge in [0.05, 0.1) is 11.3 Å². The van der Waals surface area contributed by atoms with Gasteiger partial charge < -0.3 is 11.1 Å². The summed E-state index contributed by atoms with van der Waals surface area (Å²) >= 11 is 3.48. The van der Waals surface area contributed by atoms with Gasteiger partial charge in [-0.05, 0) is 11.4 Å². The van der Waals surface area contributed by atoms with Crippen LogP contribution in [0.2, 0.25) is 0 Å². The fourth-order valence-electron chi connectivity index (χ4n) is 1.34.